The lowest BCUT2D eigenvalue weighted by Gasteiger charge is -2.09. The zero-order valence-corrected chi connectivity index (χ0v) is 11.9. The van der Waals surface area contributed by atoms with E-state index >= 15 is 0 Å². The quantitative estimate of drug-likeness (QED) is 0.877. The van der Waals surface area contributed by atoms with Crippen LogP contribution < -0.4 is 11.1 Å². The van der Waals surface area contributed by atoms with Gasteiger partial charge in [-0.15, -0.1) is 0 Å². The second-order valence-corrected chi connectivity index (χ2v) is 5.26. The van der Waals surface area contributed by atoms with Gasteiger partial charge in [0.05, 0.1) is 5.69 Å². The summed E-state index contributed by atoms with van der Waals surface area (Å²) in [6, 6.07) is 6.05. The van der Waals surface area contributed by atoms with Crippen molar-refractivity contribution in [2.45, 2.75) is 39.2 Å². The molecule has 0 saturated heterocycles. The Kier molecular flexibility index (Phi) is 5.65. The third kappa shape index (κ3) is 5.33. The van der Waals surface area contributed by atoms with Gasteiger partial charge >= 0.3 is 0 Å². The van der Waals surface area contributed by atoms with Crippen molar-refractivity contribution in [1.82, 2.24) is 0 Å². The number of aryl methyl sites for hydroxylation is 1. The van der Waals surface area contributed by atoms with Crippen molar-refractivity contribution in [2.75, 3.05) is 5.32 Å². The smallest absolute Gasteiger partial charge is 0.224 e. The number of hydrogen-bond acceptors (Lipinski definition) is 2. The van der Waals surface area contributed by atoms with E-state index in [1.54, 1.807) is 0 Å². The lowest BCUT2D eigenvalue weighted by atomic mass is 10.1. The molecule has 3 N–H and O–H groups in total. The molecule has 3 nitrogen and oxygen atoms in total. The Morgan fingerprint density at radius 3 is 2.88 bits per heavy atom. The first-order valence-corrected chi connectivity index (χ1v) is 6.60. The summed E-state index contributed by atoms with van der Waals surface area (Å²) in [7, 11) is 0. The number of nitrogens with two attached hydrogens (primary N) is 1. The van der Waals surface area contributed by atoms with Gasteiger partial charge in [0.15, 0.2) is 0 Å². The van der Waals surface area contributed by atoms with Gasteiger partial charge in [-0.3, -0.25) is 4.79 Å². The Balaban J connectivity index is 2.47. The molecule has 0 aromatic heterocycles. The normalized spacial score (nSPS) is 12.2. The largest absolute Gasteiger partial charge is 0.328 e. The van der Waals surface area contributed by atoms with E-state index in [1.165, 1.54) is 0 Å². The molecule has 0 spiro atoms. The van der Waals surface area contributed by atoms with Gasteiger partial charge in [0.2, 0.25) is 5.91 Å². The van der Waals surface area contributed by atoms with E-state index in [-0.39, 0.29) is 11.9 Å². The van der Waals surface area contributed by atoms with Gasteiger partial charge in [-0.2, -0.15) is 0 Å². The summed E-state index contributed by atoms with van der Waals surface area (Å²) in [6.07, 6.45) is 2.22. The number of rotatable bonds is 5. The Labute approximate surface area is 111 Å². The third-order valence-electron chi connectivity index (χ3n) is 2.46. The van der Waals surface area contributed by atoms with E-state index < -0.39 is 0 Å². The lowest BCUT2D eigenvalue weighted by molar-refractivity contribution is -0.116. The van der Waals surface area contributed by atoms with E-state index in [2.05, 4.69) is 21.2 Å². The second-order valence-electron chi connectivity index (χ2n) is 4.40. The minimum Gasteiger partial charge on any atom is -0.328 e. The fourth-order valence-corrected chi connectivity index (χ4v) is 1.88. The Morgan fingerprint density at radius 2 is 2.24 bits per heavy atom. The van der Waals surface area contributed by atoms with Crippen LogP contribution >= 0.6 is 15.9 Å². The fraction of sp³-hybridized carbons (Fsp3) is 0.462. The van der Waals surface area contributed by atoms with Crippen molar-refractivity contribution in [3.05, 3.63) is 28.2 Å². The summed E-state index contributed by atoms with van der Waals surface area (Å²) in [6.45, 7) is 3.95. The molecule has 1 amide bonds. The van der Waals surface area contributed by atoms with Gasteiger partial charge in [0.1, 0.15) is 0 Å². The molecule has 0 bridgehead atoms. The van der Waals surface area contributed by atoms with Gasteiger partial charge < -0.3 is 11.1 Å². The molecule has 1 aromatic carbocycles. The van der Waals surface area contributed by atoms with E-state index in [9.17, 15) is 4.79 Å². The van der Waals surface area contributed by atoms with Crippen molar-refractivity contribution < 1.29 is 4.79 Å². The van der Waals surface area contributed by atoms with Crippen LogP contribution in [0.3, 0.4) is 0 Å². The van der Waals surface area contributed by atoms with E-state index in [1.807, 2.05) is 32.0 Å². The van der Waals surface area contributed by atoms with Gasteiger partial charge in [-0.25, -0.2) is 0 Å². The topological polar surface area (TPSA) is 55.1 Å². The molecule has 1 atom stereocenters. The zero-order chi connectivity index (χ0) is 12.8. The summed E-state index contributed by atoms with van der Waals surface area (Å²) < 4.78 is 0.906. The molecule has 1 aromatic rings. The van der Waals surface area contributed by atoms with Crippen LogP contribution in [0.15, 0.2) is 22.7 Å². The molecule has 0 fully saturated rings. The average Bonchev–Trinajstić information content (AvgIpc) is 2.23. The minimum absolute atomic E-state index is 0.0388. The SMILES string of the molecule is Cc1ccc(Br)c(NC(=O)CCCC(C)N)c1. The van der Waals surface area contributed by atoms with Crippen molar-refractivity contribution in [3.8, 4) is 0 Å². The predicted molar refractivity (Wildman–Crippen MR) is 75.0 cm³/mol. The molecule has 0 aliphatic carbocycles. The van der Waals surface area contributed by atoms with Gasteiger partial charge in [0.25, 0.3) is 0 Å². The van der Waals surface area contributed by atoms with Crippen LogP contribution in [-0.2, 0) is 4.79 Å². The summed E-state index contributed by atoms with van der Waals surface area (Å²) >= 11 is 3.42. The molecule has 1 rings (SSSR count). The van der Waals surface area contributed by atoms with Crippen LogP contribution in [0.2, 0.25) is 0 Å². The number of halogens is 1. The molecule has 4 heteroatoms. The van der Waals surface area contributed by atoms with Crippen molar-refractivity contribution >= 4 is 27.5 Å². The number of hydrogen-bond donors (Lipinski definition) is 2. The summed E-state index contributed by atoms with van der Waals surface area (Å²) in [5.74, 6) is 0.0388. The number of carbonyl (C=O) groups excluding carboxylic acids is 1. The maximum Gasteiger partial charge on any atom is 0.224 e. The first-order chi connectivity index (χ1) is 7.99. The Bertz CT molecular complexity index is 391. The first kappa shape index (κ1) is 14.2. The predicted octanol–water partition coefficient (Wildman–Crippen LogP) is 3.21. The van der Waals surface area contributed by atoms with Crippen LogP contribution in [0.1, 0.15) is 31.7 Å². The Morgan fingerprint density at radius 1 is 1.53 bits per heavy atom. The number of anilines is 1. The van der Waals surface area contributed by atoms with Gasteiger partial charge in [0, 0.05) is 16.9 Å². The van der Waals surface area contributed by atoms with E-state index in [0.29, 0.717) is 6.42 Å². The molecule has 0 aliphatic heterocycles. The number of benzene rings is 1. The van der Waals surface area contributed by atoms with Gasteiger partial charge in [-0.1, -0.05) is 6.07 Å². The summed E-state index contributed by atoms with van der Waals surface area (Å²) in [5.41, 5.74) is 7.59. The highest BCUT2D eigenvalue weighted by molar-refractivity contribution is 9.10. The molecule has 0 radical (unpaired) electrons. The lowest BCUT2D eigenvalue weighted by Crippen LogP contribution is -2.17. The second kappa shape index (κ2) is 6.77. The van der Waals surface area contributed by atoms with E-state index in [0.717, 1.165) is 28.6 Å². The molecule has 94 valence electrons. The Hall–Kier alpha value is -0.870. The van der Waals surface area contributed by atoms with E-state index in [4.69, 9.17) is 5.73 Å². The van der Waals surface area contributed by atoms with Gasteiger partial charge in [-0.05, 0) is 60.3 Å². The van der Waals surface area contributed by atoms with Crippen molar-refractivity contribution in [1.29, 1.82) is 0 Å². The monoisotopic (exact) mass is 298 g/mol. The van der Waals surface area contributed by atoms with Crippen LogP contribution in [0, 0.1) is 6.92 Å². The van der Waals surface area contributed by atoms with Crippen LogP contribution in [0.5, 0.6) is 0 Å². The fourth-order valence-electron chi connectivity index (χ4n) is 1.53. The van der Waals surface area contributed by atoms with Crippen LogP contribution in [-0.4, -0.2) is 11.9 Å². The standard InChI is InChI=1S/C13H19BrN2O/c1-9-6-7-11(14)12(8-9)16-13(17)5-3-4-10(2)15/h6-8,10H,3-5,15H2,1-2H3,(H,16,17). The summed E-state index contributed by atoms with van der Waals surface area (Å²) in [5, 5.41) is 2.90. The molecular weight excluding hydrogens is 280 g/mol. The highest BCUT2D eigenvalue weighted by Crippen LogP contribution is 2.23. The maximum atomic E-state index is 11.7. The highest BCUT2D eigenvalue weighted by Gasteiger charge is 2.06. The molecule has 0 aliphatic rings. The molecule has 0 saturated carbocycles. The number of carbonyl (C=O) groups is 1. The van der Waals surface area contributed by atoms with Crippen molar-refractivity contribution in [2.24, 2.45) is 5.73 Å². The number of nitrogens with one attached hydrogen (secondary N) is 1. The van der Waals surface area contributed by atoms with Crippen LogP contribution in [0.4, 0.5) is 5.69 Å². The maximum absolute atomic E-state index is 11.7. The molecule has 17 heavy (non-hydrogen) atoms. The third-order valence-corrected chi connectivity index (χ3v) is 3.15. The van der Waals surface area contributed by atoms with Crippen molar-refractivity contribution in [3.63, 3.8) is 0 Å². The first-order valence-electron chi connectivity index (χ1n) is 5.80. The highest BCUT2D eigenvalue weighted by atomic mass is 79.9. The molecule has 0 heterocycles. The minimum atomic E-state index is 0.0388. The average molecular weight is 299 g/mol. The summed E-state index contributed by atoms with van der Waals surface area (Å²) in [4.78, 5) is 11.7. The zero-order valence-electron chi connectivity index (χ0n) is 10.3. The molecular formula is C13H19BrN2O. The number of amides is 1. The molecule has 1 unspecified atom stereocenters. The van der Waals surface area contributed by atoms with Crippen LogP contribution in [0.25, 0.3) is 0 Å².